The predicted octanol–water partition coefficient (Wildman–Crippen LogP) is 5.31. The van der Waals surface area contributed by atoms with Gasteiger partial charge in [-0.05, 0) is 62.1 Å². The molecule has 4 aromatic heterocycles. The van der Waals surface area contributed by atoms with Crippen LogP contribution in [0.5, 0.6) is 5.75 Å². The van der Waals surface area contributed by atoms with Crippen LogP contribution in [0.2, 0.25) is 0 Å². The van der Waals surface area contributed by atoms with E-state index in [1.54, 1.807) is 12.4 Å². The molecule has 2 aromatic carbocycles. The summed E-state index contributed by atoms with van der Waals surface area (Å²) in [5.41, 5.74) is 6.81. The molecule has 0 aliphatic carbocycles. The summed E-state index contributed by atoms with van der Waals surface area (Å²) in [5, 5.41) is 7.53. The third kappa shape index (κ3) is 4.52. The summed E-state index contributed by atoms with van der Waals surface area (Å²) in [6.45, 7) is 1.20. The van der Waals surface area contributed by atoms with Crippen LogP contribution in [0.1, 0.15) is 0 Å². The summed E-state index contributed by atoms with van der Waals surface area (Å²) >= 11 is 0. The van der Waals surface area contributed by atoms with E-state index in [1.165, 1.54) is 12.1 Å². The Bertz CT molecular complexity index is 1710. The van der Waals surface area contributed by atoms with Gasteiger partial charge in [-0.2, -0.15) is 5.10 Å². The molecule has 0 unspecified atom stereocenters. The number of hydrogen-bond acceptors (Lipinski definition) is 6. The van der Waals surface area contributed by atoms with Crippen molar-refractivity contribution in [2.24, 2.45) is 0 Å². The molecule has 0 radical (unpaired) electrons. The Morgan fingerprint density at radius 3 is 2.68 bits per heavy atom. The Morgan fingerprint density at radius 2 is 1.84 bits per heavy atom. The predicted molar refractivity (Wildman–Crippen MR) is 142 cm³/mol. The first-order chi connectivity index (χ1) is 18.0. The second-order valence-corrected chi connectivity index (χ2v) is 9.02. The van der Waals surface area contributed by atoms with Crippen molar-refractivity contribution in [2.75, 3.05) is 27.2 Å². The first-order valence-corrected chi connectivity index (χ1v) is 11.9. The largest absolute Gasteiger partial charge is 0.492 e. The molecule has 0 amide bonds. The van der Waals surface area contributed by atoms with Gasteiger partial charge in [-0.25, -0.2) is 14.4 Å². The molecule has 184 valence electrons. The standard InChI is InChI=1S/C28H24FN7O/c1-36(2)11-12-37-20-14-18(13-19(29)15-20)21-6-3-7-23-25(21)33-28(32-23)27-26-24(34-35-27)9-8-22(31-26)17-5-4-10-30-16-17/h3-10,13-16H,11-12H2,1-2H3,(H,32,33)(H,34,35). The highest BCUT2D eigenvalue weighted by Gasteiger charge is 2.17. The van der Waals surface area contributed by atoms with Crippen LogP contribution in [-0.2, 0) is 0 Å². The quantitative estimate of drug-likeness (QED) is 0.313. The minimum atomic E-state index is -0.365. The van der Waals surface area contributed by atoms with Gasteiger partial charge in [0, 0.05) is 36.1 Å². The number of fused-ring (bicyclic) bond motifs is 2. The fourth-order valence-electron chi connectivity index (χ4n) is 4.26. The van der Waals surface area contributed by atoms with Crippen molar-refractivity contribution in [3.05, 3.63) is 78.9 Å². The normalized spacial score (nSPS) is 11.6. The van der Waals surface area contributed by atoms with Crippen LogP contribution >= 0.6 is 0 Å². The van der Waals surface area contributed by atoms with Crippen molar-refractivity contribution in [1.82, 2.24) is 35.0 Å². The molecule has 0 aliphatic rings. The van der Waals surface area contributed by atoms with E-state index in [-0.39, 0.29) is 5.82 Å². The van der Waals surface area contributed by atoms with Gasteiger partial charge in [0.2, 0.25) is 0 Å². The monoisotopic (exact) mass is 493 g/mol. The average molecular weight is 494 g/mol. The number of nitrogens with one attached hydrogen (secondary N) is 2. The van der Waals surface area contributed by atoms with Crippen LogP contribution in [0.15, 0.2) is 73.1 Å². The maximum atomic E-state index is 14.5. The van der Waals surface area contributed by atoms with Crippen molar-refractivity contribution in [3.8, 4) is 39.7 Å². The molecule has 0 fully saturated rings. The second kappa shape index (κ2) is 9.44. The van der Waals surface area contributed by atoms with Gasteiger partial charge in [0.25, 0.3) is 0 Å². The van der Waals surface area contributed by atoms with Crippen molar-refractivity contribution >= 4 is 22.1 Å². The summed E-state index contributed by atoms with van der Waals surface area (Å²) in [7, 11) is 3.93. The van der Waals surface area contributed by atoms with Crippen LogP contribution in [0, 0.1) is 5.82 Å². The van der Waals surface area contributed by atoms with Crippen LogP contribution in [0.3, 0.4) is 0 Å². The number of imidazole rings is 1. The molecule has 0 atom stereocenters. The van der Waals surface area contributed by atoms with Gasteiger partial charge in [-0.3, -0.25) is 10.1 Å². The van der Waals surface area contributed by atoms with Gasteiger partial charge in [-0.1, -0.05) is 12.1 Å². The maximum absolute atomic E-state index is 14.5. The highest BCUT2D eigenvalue weighted by atomic mass is 19.1. The van der Waals surface area contributed by atoms with Crippen LogP contribution in [0.25, 0.3) is 56.0 Å². The molecule has 4 heterocycles. The molecule has 6 rings (SSSR count). The lowest BCUT2D eigenvalue weighted by molar-refractivity contribution is 0.260. The molecule has 0 aliphatic heterocycles. The lowest BCUT2D eigenvalue weighted by atomic mass is 10.0. The molecule has 0 saturated carbocycles. The molecule has 37 heavy (non-hydrogen) atoms. The summed E-state index contributed by atoms with van der Waals surface area (Å²) in [4.78, 5) is 19.3. The van der Waals surface area contributed by atoms with Crippen LogP contribution < -0.4 is 4.74 Å². The minimum Gasteiger partial charge on any atom is -0.492 e. The van der Waals surface area contributed by atoms with E-state index in [2.05, 4.69) is 20.2 Å². The number of rotatable bonds is 7. The molecule has 6 aromatic rings. The van der Waals surface area contributed by atoms with Gasteiger partial charge in [0.05, 0.1) is 22.2 Å². The third-order valence-corrected chi connectivity index (χ3v) is 6.09. The summed E-state index contributed by atoms with van der Waals surface area (Å²) in [6.07, 6.45) is 3.51. The number of ether oxygens (including phenoxy) is 1. The van der Waals surface area contributed by atoms with Crippen LogP contribution in [-0.4, -0.2) is 62.3 Å². The van der Waals surface area contributed by atoms with E-state index in [9.17, 15) is 4.39 Å². The Kier molecular flexibility index (Phi) is 5.82. The van der Waals surface area contributed by atoms with Gasteiger partial charge in [0.15, 0.2) is 11.5 Å². The summed E-state index contributed by atoms with van der Waals surface area (Å²) in [5.74, 6) is 0.689. The number of nitrogens with zero attached hydrogens (tertiary/aromatic N) is 5. The Hall–Kier alpha value is -4.63. The fourth-order valence-corrected chi connectivity index (χ4v) is 4.26. The zero-order chi connectivity index (χ0) is 25.4. The van der Waals surface area contributed by atoms with E-state index in [1.807, 2.05) is 67.5 Å². The number of hydrogen-bond donors (Lipinski definition) is 2. The van der Waals surface area contributed by atoms with E-state index in [0.717, 1.165) is 34.4 Å². The first kappa shape index (κ1) is 22.8. The average Bonchev–Trinajstić information content (AvgIpc) is 3.52. The Labute approximate surface area is 212 Å². The van der Waals surface area contributed by atoms with Crippen molar-refractivity contribution in [2.45, 2.75) is 0 Å². The van der Waals surface area contributed by atoms with Crippen molar-refractivity contribution in [3.63, 3.8) is 0 Å². The number of benzene rings is 2. The number of aromatic amines is 2. The third-order valence-electron chi connectivity index (χ3n) is 6.09. The molecule has 0 saturated heterocycles. The van der Waals surface area contributed by atoms with Gasteiger partial charge in [0.1, 0.15) is 23.7 Å². The first-order valence-electron chi connectivity index (χ1n) is 11.9. The lowest BCUT2D eigenvalue weighted by Gasteiger charge is -2.12. The number of halogens is 1. The van der Waals surface area contributed by atoms with Crippen molar-refractivity contribution in [1.29, 1.82) is 0 Å². The van der Waals surface area contributed by atoms with E-state index in [0.29, 0.717) is 40.5 Å². The highest BCUT2D eigenvalue weighted by molar-refractivity contribution is 5.96. The minimum absolute atomic E-state index is 0.365. The van der Waals surface area contributed by atoms with Gasteiger partial charge in [-0.15, -0.1) is 0 Å². The number of pyridine rings is 2. The number of H-pyrrole nitrogens is 2. The lowest BCUT2D eigenvalue weighted by Crippen LogP contribution is -2.19. The zero-order valence-electron chi connectivity index (χ0n) is 20.4. The molecule has 0 bridgehead atoms. The number of para-hydroxylation sites is 1. The van der Waals surface area contributed by atoms with E-state index < -0.39 is 0 Å². The zero-order valence-corrected chi connectivity index (χ0v) is 20.4. The molecule has 9 heteroatoms. The van der Waals surface area contributed by atoms with Gasteiger partial charge >= 0.3 is 0 Å². The Morgan fingerprint density at radius 1 is 0.919 bits per heavy atom. The smallest absolute Gasteiger partial charge is 0.161 e. The number of aromatic nitrogens is 6. The molecular formula is C28H24FN7O. The second-order valence-electron chi connectivity index (χ2n) is 9.02. The molecule has 0 spiro atoms. The highest BCUT2D eigenvalue weighted by Crippen LogP contribution is 2.33. The summed E-state index contributed by atoms with van der Waals surface area (Å²) < 4.78 is 20.3. The number of likely N-dealkylation sites (N-methyl/N-ethyl adjacent to an activating group) is 1. The van der Waals surface area contributed by atoms with Crippen LogP contribution in [0.4, 0.5) is 4.39 Å². The topological polar surface area (TPSA) is 95.6 Å². The van der Waals surface area contributed by atoms with Gasteiger partial charge < -0.3 is 14.6 Å². The van der Waals surface area contributed by atoms with E-state index >= 15 is 0 Å². The SMILES string of the molecule is CN(C)CCOc1cc(F)cc(-c2cccc3[nH]c(-c4n[nH]c5ccc(-c6cccnc6)nc45)nc23)c1. The fraction of sp³-hybridized carbons (Fsp3) is 0.143. The maximum Gasteiger partial charge on any atom is 0.161 e. The molecular weight excluding hydrogens is 469 g/mol. The Balaban J connectivity index is 1.41. The molecule has 2 N–H and O–H groups in total. The van der Waals surface area contributed by atoms with E-state index in [4.69, 9.17) is 14.7 Å². The molecule has 8 nitrogen and oxygen atoms in total. The van der Waals surface area contributed by atoms with Crippen molar-refractivity contribution < 1.29 is 9.13 Å². The summed E-state index contributed by atoms with van der Waals surface area (Å²) in [6, 6.07) is 18.2.